The standard InChI is InChI=1S/C22H19N5O/c1-14(2)28-18-5-3-4-15(9-18)20-13-27-21(11-24-22(27)12-23-20)16-6-7-19-17(8-16)10-25-26-19/h3-14H,1-2H3,(H,25,26). The van der Waals surface area contributed by atoms with Gasteiger partial charge in [0.25, 0.3) is 0 Å². The third-order valence-electron chi connectivity index (χ3n) is 4.63. The molecular weight excluding hydrogens is 350 g/mol. The number of ether oxygens (including phenoxy) is 1. The Morgan fingerprint density at radius 1 is 0.964 bits per heavy atom. The Morgan fingerprint density at radius 2 is 1.89 bits per heavy atom. The maximum absolute atomic E-state index is 5.82. The van der Waals surface area contributed by atoms with Crippen LogP contribution in [0.4, 0.5) is 0 Å². The Labute approximate surface area is 161 Å². The average Bonchev–Trinajstić information content (AvgIpc) is 3.33. The summed E-state index contributed by atoms with van der Waals surface area (Å²) < 4.78 is 7.89. The first kappa shape index (κ1) is 16.5. The van der Waals surface area contributed by atoms with Gasteiger partial charge in [-0.05, 0) is 38.1 Å². The van der Waals surface area contributed by atoms with E-state index < -0.39 is 0 Å². The molecule has 6 nitrogen and oxygen atoms in total. The molecule has 1 N–H and O–H groups in total. The molecule has 5 rings (SSSR count). The van der Waals surface area contributed by atoms with Gasteiger partial charge in [-0.1, -0.05) is 18.2 Å². The molecule has 2 aromatic carbocycles. The van der Waals surface area contributed by atoms with Gasteiger partial charge in [-0.2, -0.15) is 5.10 Å². The molecule has 0 aliphatic rings. The second kappa shape index (κ2) is 6.49. The largest absolute Gasteiger partial charge is 0.491 e. The lowest BCUT2D eigenvalue weighted by Gasteiger charge is -2.11. The molecule has 0 atom stereocenters. The molecule has 0 saturated carbocycles. The van der Waals surface area contributed by atoms with Crippen molar-refractivity contribution in [2.75, 3.05) is 0 Å². The number of hydrogen-bond acceptors (Lipinski definition) is 4. The van der Waals surface area contributed by atoms with Gasteiger partial charge in [0, 0.05) is 22.7 Å². The number of nitrogens with one attached hydrogen (secondary N) is 1. The van der Waals surface area contributed by atoms with E-state index in [4.69, 9.17) is 4.74 Å². The van der Waals surface area contributed by atoms with E-state index in [0.717, 1.165) is 44.8 Å². The van der Waals surface area contributed by atoms with Crippen molar-refractivity contribution in [1.82, 2.24) is 24.6 Å². The van der Waals surface area contributed by atoms with Crippen LogP contribution in [0.2, 0.25) is 0 Å². The van der Waals surface area contributed by atoms with Crippen LogP contribution < -0.4 is 4.74 Å². The lowest BCUT2D eigenvalue weighted by molar-refractivity contribution is 0.242. The summed E-state index contributed by atoms with van der Waals surface area (Å²) in [5.74, 6) is 0.839. The summed E-state index contributed by atoms with van der Waals surface area (Å²) in [7, 11) is 0. The average molecular weight is 369 g/mol. The molecule has 6 heteroatoms. The number of aromatic nitrogens is 5. The molecule has 5 aromatic rings. The highest BCUT2D eigenvalue weighted by atomic mass is 16.5. The van der Waals surface area contributed by atoms with Gasteiger partial charge in [0.1, 0.15) is 5.75 Å². The molecule has 3 heterocycles. The van der Waals surface area contributed by atoms with E-state index in [1.807, 2.05) is 62.8 Å². The van der Waals surface area contributed by atoms with Crippen LogP contribution in [-0.2, 0) is 0 Å². The summed E-state index contributed by atoms with van der Waals surface area (Å²) in [5.41, 5.74) is 5.78. The fraction of sp³-hybridized carbons (Fsp3) is 0.136. The highest BCUT2D eigenvalue weighted by Gasteiger charge is 2.10. The molecule has 0 radical (unpaired) electrons. The SMILES string of the molecule is CC(C)Oc1cccc(-c2cn3c(-c4ccc5[nH]ncc5c4)cnc3cn2)c1. The zero-order chi connectivity index (χ0) is 19.1. The smallest absolute Gasteiger partial charge is 0.155 e. The molecule has 0 aliphatic heterocycles. The Morgan fingerprint density at radius 3 is 2.79 bits per heavy atom. The fourth-order valence-corrected chi connectivity index (χ4v) is 3.35. The first-order valence-electron chi connectivity index (χ1n) is 9.21. The van der Waals surface area contributed by atoms with Crippen molar-refractivity contribution in [2.45, 2.75) is 20.0 Å². The Balaban J connectivity index is 1.60. The summed E-state index contributed by atoms with van der Waals surface area (Å²) in [4.78, 5) is 9.10. The molecule has 0 spiro atoms. The number of H-pyrrole nitrogens is 1. The van der Waals surface area contributed by atoms with Gasteiger partial charge in [-0.3, -0.25) is 14.5 Å². The number of fused-ring (bicyclic) bond motifs is 2. The molecule has 0 aliphatic carbocycles. The number of rotatable bonds is 4. The van der Waals surface area contributed by atoms with Crippen molar-refractivity contribution in [2.24, 2.45) is 0 Å². The van der Waals surface area contributed by atoms with Gasteiger partial charge >= 0.3 is 0 Å². The monoisotopic (exact) mass is 369 g/mol. The zero-order valence-corrected chi connectivity index (χ0v) is 15.6. The van der Waals surface area contributed by atoms with Crippen LogP contribution in [0.1, 0.15) is 13.8 Å². The van der Waals surface area contributed by atoms with Crippen molar-refractivity contribution in [1.29, 1.82) is 0 Å². The van der Waals surface area contributed by atoms with Crippen LogP contribution in [0.3, 0.4) is 0 Å². The van der Waals surface area contributed by atoms with Crippen molar-refractivity contribution < 1.29 is 4.74 Å². The molecule has 28 heavy (non-hydrogen) atoms. The number of nitrogens with zero attached hydrogens (tertiary/aromatic N) is 4. The van der Waals surface area contributed by atoms with Crippen molar-refractivity contribution in [3.8, 4) is 28.3 Å². The number of imidazole rings is 1. The third kappa shape index (κ3) is 2.89. The predicted octanol–water partition coefficient (Wildman–Crippen LogP) is 4.73. The summed E-state index contributed by atoms with van der Waals surface area (Å²) >= 11 is 0. The minimum atomic E-state index is 0.128. The van der Waals surface area contributed by atoms with Crippen LogP contribution in [0.25, 0.3) is 39.1 Å². The molecule has 0 fully saturated rings. The van der Waals surface area contributed by atoms with Crippen LogP contribution in [0.15, 0.2) is 67.3 Å². The normalized spacial score (nSPS) is 11.5. The summed E-state index contributed by atoms with van der Waals surface area (Å²) in [6, 6.07) is 14.2. The molecule has 0 unspecified atom stereocenters. The first-order chi connectivity index (χ1) is 13.7. The lowest BCUT2D eigenvalue weighted by atomic mass is 10.1. The van der Waals surface area contributed by atoms with Gasteiger partial charge < -0.3 is 4.74 Å². The zero-order valence-electron chi connectivity index (χ0n) is 15.6. The van der Waals surface area contributed by atoms with Crippen LogP contribution in [0, 0.1) is 0 Å². The van der Waals surface area contributed by atoms with Crippen molar-refractivity contribution in [3.63, 3.8) is 0 Å². The number of hydrogen-bond donors (Lipinski definition) is 1. The van der Waals surface area contributed by atoms with Gasteiger partial charge in [0.2, 0.25) is 0 Å². The highest BCUT2D eigenvalue weighted by Crippen LogP contribution is 2.27. The van der Waals surface area contributed by atoms with Gasteiger partial charge in [-0.15, -0.1) is 0 Å². The van der Waals surface area contributed by atoms with E-state index >= 15 is 0 Å². The maximum Gasteiger partial charge on any atom is 0.155 e. The van der Waals surface area contributed by atoms with Gasteiger partial charge in [0.15, 0.2) is 5.65 Å². The van der Waals surface area contributed by atoms with E-state index in [1.165, 1.54) is 0 Å². The molecule has 138 valence electrons. The minimum absolute atomic E-state index is 0.128. The van der Waals surface area contributed by atoms with E-state index in [-0.39, 0.29) is 6.10 Å². The molecule has 0 bridgehead atoms. The Bertz CT molecular complexity index is 1280. The van der Waals surface area contributed by atoms with E-state index in [1.54, 1.807) is 6.20 Å². The first-order valence-corrected chi connectivity index (χ1v) is 9.21. The maximum atomic E-state index is 5.82. The molecule has 0 saturated heterocycles. The van der Waals surface area contributed by atoms with Crippen LogP contribution in [-0.4, -0.2) is 30.7 Å². The third-order valence-corrected chi connectivity index (χ3v) is 4.63. The highest BCUT2D eigenvalue weighted by molar-refractivity contribution is 5.83. The fourth-order valence-electron chi connectivity index (χ4n) is 3.35. The van der Waals surface area contributed by atoms with Crippen LogP contribution >= 0.6 is 0 Å². The molecular formula is C22H19N5O. The van der Waals surface area contributed by atoms with Crippen LogP contribution in [0.5, 0.6) is 5.75 Å². The quantitative estimate of drug-likeness (QED) is 0.497. The Kier molecular flexibility index (Phi) is 3.83. The van der Waals surface area contributed by atoms with E-state index in [2.05, 4.69) is 36.7 Å². The number of benzene rings is 2. The molecule has 0 amide bonds. The second-order valence-electron chi connectivity index (χ2n) is 7.01. The predicted molar refractivity (Wildman–Crippen MR) is 109 cm³/mol. The van der Waals surface area contributed by atoms with Crippen molar-refractivity contribution in [3.05, 3.63) is 67.3 Å². The number of aromatic amines is 1. The second-order valence-corrected chi connectivity index (χ2v) is 7.01. The van der Waals surface area contributed by atoms with Gasteiger partial charge in [-0.25, -0.2) is 4.98 Å². The Hall–Kier alpha value is -3.67. The van der Waals surface area contributed by atoms with E-state index in [9.17, 15) is 0 Å². The van der Waals surface area contributed by atoms with Crippen molar-refractivity contribution >= 4 is 16.6 Å². The molecule has 3 aromatic heterocycles. The van der Waals surface area contributed by atoms with Gasteiger partial charge in [0.05, 0.1) is 41.6 Å². The topological polar surface area (TPSA) is 68.1 Å². The summed E-state index contributed by atoms with van der Waals surface area (Å²) in [6.45, 7) is 4.04. The lowest BCUT2D eigenvalue weighted by Crippen LogP contribution is -2.05. The summed E-state index contributed by atoms with van der Waals surface area (Å²) in [6.07, 6.45) is 7.65. The summed E-state index contributed by atoms with van der Waals surface area (Å²) in [5, 5.41) is 8.15. The minimum Gasteiger partial charge on any atom is -0.491 e. The van der Waals surface area contributed by atoms with E-state index in [0.29, 0.717) is 0 Å².